The molecule has 0 amide bonds. The third-order valence-electron chi connectivity index (χ3n) is 6.17. The van der Waals surface area contributed by atoms with Crippen LogP contribution in [0.1, 0.15) is 55.9 Å². The molecule has 1 aliphatic heterocycles. The predicted octanol–water partition coefficient (Wildman–Crippen LogP) is 3.97. The fourth-order valence-corrected chi connectivity index (χ4v) is 5.83. The van der Waals surface area contributed by atoms with Gasteiger partial charge >= 0.3 is 0 Å². The quantitative estimate of drug-likeness (QED) is 0.492. The number of aryl methyl sites for hydroxylation is 3. The lowest BCUT2D eigenvalue weighted by molar-refractivity contribution is 0.109. The fraction of sp³-hybridized carbons (Fsp3) is 0.640. The Morgan fingerprint density at radius 1 is 1.17 bits per heavy atom. The van der Waals surface area contributed by atoms with Crippen LogP contribution in [0, 0.1) is 0 Å². The van der Waals surface area contributed by atoms with Gasteiger partial charge in [-0.05, 0) is 57.4 Å². The average molecular weight is 503 g/mol. The molecule has 3 N–H and O–H groups in total. The molecule has 0 aromatic carbocycles. The number of rotatable bonds is 4. The van der Waals surface area contributed by atoms with Gasteiger partial charge in [-0.25, -0.2) is 4.98 Å². The van der Waals surface area contributed by atoms with E-state index < -0.39 is 0 Å². The molecule has 0 unspecified atom stereocenters. The monoisotopic (exact) mass is 502 g/mol. The first-order valence-electron chi connectivity index (χ1n) is 12.8. The smallest absolute Gasteiger partial charge is 0.232 e. The standard InChI is InChI=1S/C19H23N5OS.C4H9NO.C2H6O/c1-24-11-12(10-20-24)21-19-22-17(25-13-6-3-2-4-7-13)16-14-8-5-9-15(14)26-18(16)23-19;1-3-6-4-2-5-1;1-2-3/h10-11,13H,2-9H2,1H3,(H,21,22,23);5H,1-4H2;3H,2H2,1H3. The van der Waals surface area contributed by atoms with Crippen molar-refractivity contribution in [3.63, 3.8) is 0 Å². The summed E-state index contributed by atoms with van der Waals surface area (Å²) in [4.78, 5) is 12.1. The van der Waals surface area contributed by atoms with Crippen LogP contribution >= 0.6 is 11.3 Å². The van der Waals surface area contributed by atoms with E-state index >= 15 is 0 Å². The van der Waals surface area contributed by atoms with Crippen molar-refractivity contribution in [1.29, 1.82) is 0 Å². The highest BCUT2D eigenvalue weighted by molar-refractivity contribution is 7.19. The van der Waals surface area contributed by atoms with Crippen molar-refractivity contribution in [3.05, 3.63) is 22.8 Å². The molecule has 0 radical (unpaired) electrons. The first-order chi connectivity index (χ1) is 17.2. The summed E-state index contributed by atoms with van der Waals surface area (Å²) in [6.07, 6.45) is 13.6. The number of aliphatic hydroxyl groups excluding tert-OH is 1. The Morgan fingerprint density at radius 2 is 1.94 bits per heavy atom. The van der Waals surface area contributed by atoms with E-state index in [0.29, 0.717) is 5.95 Å². The zero-order valence-electron chi connectivity index (χ0n) is 20.9. The summed E-state index contributed by atoms with van der Waals surface area (Å²) in [5, 5.41) is 19.4. The number of aromatic nitrogens is 4. The molecule has 0 spiro atoms. The minimum absolute atomic E-state index is 0.250. The van der Waals surface area contributed by atoms with Gasteiger partial charge in [-0.15, -0.1) is 11.3 Å². The van der Waals surface area contributed by atoms with Gasteiger partial charge in [0.15, 0.2) is 0 Å². The number of thiophene rings is 1. The Labute approximate surface area is 211 Å². The minimum atomic E-state index is 0.250. The third kappa shape index (κ3) is 7.13. The Bertz CT molecular complexity index is 1050. The van der Waals surface area contributed by atoms with E-state index in [1.54, 1.807) is 29.1 Å². The highest BCUT2D eigenvalue weighted by Crippen LogP contribution is 2.41. The second-order valence-corrected chi connectivity index (χ2v) is 10.1. The molecule has 9 nitrogen and oxygen atoms in total. The Morgan fingerprint density at radius 3 is 2.57 bits per heavy atom. The van der Waals surface area contributed by atoms with Crippen LogP contribution in [0.2, 0.25) is 0 Å². The van der Waals surface area contributed by atoms with Crippen molar-refractivity contribution in [1.82, 2.24) is 25.1 Å². The summed E-state index contributed by atoms with van der Waals surface area (Å²) in [5.74, 6) is 1.36. The lowest BCUT2D eigenvalue weighted by Gasteiger charge is -2.23. The molecule has 2 fully saturated rings. The fourth-order valence-electron chi connectivity index (χ4n) is 4.58. The third-order valence-corrected chi connectivity index (χ3v) is 7.36. The van der Waals surface area contributed by atoms with Gasteiger partial charge in [-0.1, -0.05) is 6.42 Å². The molecule has 3 aromatic rings. The van der Waals surface area contributed by atoms with Crippen LogP contribution in [0.4, 0.5) is 11.6 Å². The van der Waals surface area contributed by atoms with Gasteiger partial charge in [-0.2, -0.15) is 10.1 Å². The van der Waals surface area contributed by atoms with E-state index in [0.717, 1.165) is 73.8 Å². The first kappa shape index (κ1) is 25.8. The second kappa shape index (κ2) is 13.2. The normalized spacial score (nSPS) is 17.7. The highest BCUT2D eigenvalue weighted by atomic mass is 32.1. The lowest BCUT2D eigenvalue weighted by atomic mass is 9.98. The van der Waals surface area contributed by atoms with E-state index in [-0.39, 0.29) is 12.7 Å². The number of nitrogens with one attached hydrogen (secondary N) is 2. The number of hydrogen-bond donors (Lipinski definition) is 3. The molecule has 6 rings (SSSR count). The molecular formula is C25H38N6O3S. The van der Waals surface area contributed by atoms with Crippen LogP contribution in [0.25, 0.3) is 10.2 Å². The van der Waals surface area contributed by atoms with Crippen LogP contribution in [0.5, 0.6) is 5.88 Å². The van der Waals surface area contributed by atoms with E-state index in [1.807, 2.05) is 13.2 Å². The zero-order valence-corrected chi connectivity index (χ0v) is 21.7. The highest BCUT2D eigenvalue weighted by Gasteiger charge is 2.25. The molecule has 1 saturated heterocycles. The van der Waals surface area contributed by atoms with E-state index in [2.05, 4.69) is 15.7 Å². The molecule has 35 heavy (non-hydrogen) atoms. The minimum Gasteiger partial charge on any atom is -0.474 e. The largest absolute Gasteiger partial charge is 0.474 e. The van der Waals surface area contributed by atoms with E-state index in [9.17, 15) is 0 Å². The summed E-state index contributed by atoms with van der Waals surface area (Å²) in [6.45, 7) is 5.76. The molecule has 10 heteroatoms. The number of nitrogens with zero attached hydrogens (tertiary/aromatic N) is 4. The van der Waals surface area contributed by atoms with Crippen LogP contribution in [0.15, 0.2) is 12.4 Å². The predicted molar refractivity (Wildman–Crippen MR) is 140 cm³/mol. The Hall–Kier alpha value is -2.27. The molecule has 0 atom stereocenters. The van der Waals surface area contributed by atoms with Gasteiger partial charge in [0, 0.05) is 37.8 Å². The van der Waals surface area contributed by atoms with Gasteiger partial charge in [0.25, 0.3) is 0 Å². The van der Waals surface area contributed by atoms with Gasteiger partial charge in [0.1, 0.15) is 10.9 Å². The number of ether oxygens (including phenoxy) is 2. The summed E-state index contributed by atoms with van der Waals surface area (Å²) in [5.41, 5.74) is 2.31. The molecule has 1 saturated carbocycles. The van der Waals surface area contributed by atoms with Gasteiger partial charge < -0.3 is 25.2 Å². The molecular weight excluding hydrogens is 464 g/mol. The van der Waals surface area contributed by atoms with Crippen molar-refractivity contribution < 1.29 is 14.6 Å². The number of anilines is 2. The summed E-state index contributed by atoms with van der Waals surface area (Å²) >= 11 is 1.80. The van der Waals surface area contributed by atoms with Crippen LogP contribution < -0.4 is 15.4 Å². The number of morpholine rings is 1. The topological polar surface area (TPSA) is 106 Å². The SMILES string of the molecule is C1COCCN1.CCO.Cn1cc(Nc2nc(OC3CCCCC3)c3c4c(sc3n2)CCC4)cn1. The second-order valence-electron chi connectivity index (χ2n) is 8.97. The maximum atomic E-state index is 7.57. The van der Waals surface area contributed by atoms with Crippen molar-refractivity contribution in [2.24, 2.45) is 7.05 Å². The summed E-state index contributed by atoms with van der Waals surface area (Å²) in [7, 11) is 1.90. The maximum absolute atomic E-state index is 7.57. The van der Waals surface area contributed by atoms with Crippen LogP contribution in [-0.4, -0.2) is 63.9 Å². The van der Waals surface area contributed by atoms with E-state index in [4.69, 9.17) is 24.5 Å². The van der Waals surface area contributed by atoms with Crippen molar-refractivity contribution in [2.75, 3.05) is 38.2 Å². The molecule has 4 heterocycles. The summed E-state index contributed by atoms with van der Waals surface area (Å²) < 4.78 is 13.2. The Kier molecular flexibility index (Phi) is 9.70. The van der Waals surface area contributed by atoms with Crippen LogP contribution in [-0.2, 0) is 24.6 Å². The average Bonchev–Trinajstić information content (AvgIpc) is 3.58. The maximum Gasteiger partial charge on any atom is 0.232 e. The number of aliphatic hydroxyl groups is 1. The molecule has 0 bridgehead atoms. The molecule has 3 aromatic heterocycles. The van der Waals surface area contributed by atoms with Crippen molar-refractivity contribution in [3.8, 4) is 5.88 Å². The molecule has 192 valence electrons. The first-order valence-corrected chi connectivity index (χ1v) is 13.6. The Balaban J connectivity index is 0.000000274. The lowest BCUT2D eigenvalue weighted by Crippen LogP contribution is -2.30. The van der Waals surface area contributed by atoms with Crippen LogP contribution in [0.3, 0.4) is 0 Å². The zero-order chi connectivity index (χ0) is 24.5. The van der Waals surface area contributed by atoms with Gasteiger partial charge in [0.2, 0.25) is 11.8 Å². The van der Waals surface area contributed by atoms with Crippen molar-refractivity contribution >= 4 is 33.2 Å². The molecule has 3 aliphatic rings. The van der Waals surface area contributed by atoms with Gasteiger partial charge in [-0.3, -0.25) is 4.68 Å². The summed E-state index contributed by atoms with van der Waals surface area (Å²) in [6, 6.07) is 0. The van der Waals surface area contributed by atoms with E-state index in [1.165, 1.54) is 36.1 Å². The number of hydrogen-bond acceptors (Lipinski definition) is 9. The van der Waals surface area contributed by atoms with Gasteiger partial charge in [0.05, 0.1) is 30.5 Å². The number of fused-ring (bicyclic) bond motifs is 3. The van der Waals surface area contributed by atoms with Crippen molar-refractivity contribution in [2.45, 2.75) is 64.4 Å². The molecule has 2 aliphatic carbocycles.